The van der Waals surface area contributed by atoms with Gasteiger partial charge in [0.15, 0.2) is 0 Å². The van der Waals surface area contributed by atoms with Crippen LogP contribution in [0.3, 0.4) is 0 Å². The summed E-state index contributed by atoms with van der Waals surface area (Å²) < 4.78 is 32.7. The van der Waals surface area contributed by atoms with Crippen molar-refractivity contribution in [3.63, 3.8) is 0 Å². The first-order valence-corrected chi connectivity index (χ1v) is 12.2. The second kappa shape index (κ2) is 9.19. The molecule has 3 N–H and O–H groups in total. The van der Waals surface area contributed by atoms with E-state index < -0.39 is 24.2 Å². The van der Waals surface area contributed by atoms with Crippen LogP contribution in [0, 0.1) is 26.7 Å². The van der Waals surface area contributed by atoms with Crippen molar-refractivity contribution >= 4 is 23.1 Å². The number of rotatable bonds is 6. The maximum atomic E-state index is 13.4. The number of hydrogen-bond donors (Lipinski definition) is 2. The van der Waals surface area contributed by atoms with Gasteiger partial charge in [-0.2, -0.15) is 10.1 Å². The maximum absolute atomic E-state index is 13.4. The van der Waals surface area contributed by atoms with Crippen molar-refractivity contribution in [2.75, 3.05) is 11.1 Å². The lowest BCUT2D eigenvalue weighted by atomic mass is 10.0. The second-order valence-corrected chi connectivity index (χ2v) is 9.54. The fourth-order valence-corrected chi connectivity index (χ4v) is 4.72. The van der Waals surface area contributed by atoms with Gasteiger partial charge in [-0.25, -0.2) is 23.3 Å². The van der Waals surface area contributed by atoms with Gasteiger partial charge in [-0.05, 0) is 51.0 Å². The molecule has 13 heteroatoms. The Kier molecular flexibility index (Phi) is 5.78. The molecule has 1 aliphatic carbocycles. The van der Waals surface area contributed by atoms with Crippen molar-refractivity contribution in [1.82, 2.24) is 34.7 Å². The van der Waals surface area contributed by atoms with E-state index in [1.807, 2.05) is 26.0 Å². The van der Waals surface area contributed by atoms with Crippen LogP contribution in [0.4, 0.5) is 20.4 Å². The third-order valence-electron chi connectivity index (χ3n) is 6.86. The van der Waals surface area contributed by atoms with Gasteiger partial charge in [-0.15, -0.1) is 0 Å². The zero-order chi connectivity index (χ0) is 27.4. The van der Waals surface area contributed by atoms with Gasteiger partial charge >= 0.3 is 0 Å². The highest BCUT2D eigenvalue weighted by molar-refractivity contribution is 6.09. The van der Waals surface area contributed by atoms with Crippen LogP contribution in [-0.4, -0.2) is 47.0 Å². The molecule has 6 rings (SSSR count). The molecule has 11 nitrogen and oxygen atoms in total. The number of aromatic nitrogens is 7. The Morgan fingerprint density at radius 1 is 1.10 bits per heavy atom. The van der Waals surface area contributed by atoms with Crippen molar-refractivity contribution in [1.29, 1.82) is 0 Å². The predicted molar refractivity (Wildman–Crippen MR) is 137 cm³/mol. The molecule has 0 unspecified atom stereocenters. The Morgan fingerprint density at radius 3 is 2.59 bits per heavy atom. The largest absolute Gasteiger partial charge is 0.368 e. The van der Waals surface area contributed by atoms with E-state index in [9.17, 15) is 13.6 Å². The van der Waals surface area contributed by atoms with Crippen molar-refractivity contribution < 1.29 is 18.1 Å². The van der Waals surface area contributed by atoms with E-state index in [1.54, 1.807) is 23.7 Å². The zero-order valence-electron chi connectivity index (χ0n) is 21.2. The number of nitrogens with zero attached hydrogens (tertiary/aromatic N) is 7. The number of pyridine rings is 2. The molecular formula is C26H23F2N9O2. The lowest BCUT2D eigenvalue weighted by Gasteiger charge is -2.11. The van der Waals surface area contributed by atoms with Crippen molar-refractivity contribution in [2.24, 2.45) is 5.92 Å². The Bertz CT molecular complexity index is 1720. The minimum Gasteiger partial charge on any atom is -0.368 e. The predicted octanol–water partition coefficient (Wildman–Crippen LogP) is 4.36. The molecular weight excluding hydrogens is 508 g/mol. The molecule has 5 aromatic rings. The molecule has 0 aliphatic heterocycles. The number of fused-ring (bicyclic) bond motifs is 1. The number of nitrogens with one attached hydrogen (secondary N) is 1. The molecule has 39 heavy (non-hydrogen) atoms. The number of halogens is 2. The van der Waals surface area contributed by atoms with Crippen LogP contribution < -0.4 is 11.1 Å². The number of nitrogens with two attached hydrogens (primary N) is 1. The Morgan fingerprint density at radius 2 is 1.87 bits per heavy atom. The standard InChI is InChI=1S/C26H23F2N9O2/c1-11-19(6-15(9-30-11)23-35-25(39-36-23)17-8-16(17)22(27)28)34-24(38)18-10-31-37-5-4-14(7-20(18)37)21-12(2)32-26(29)33-13(21)3/h4-7,9-10,16-17,22H,8H2,1-3H3,(H,34,38)(H2,29,32,33)/t16-,17-/m0/s1. The summed E-state index contributed by atoms with van der Waals surface area (Å²) in [5.41, 5.74) is 11.3. The van der Waals surface area contributed by atoms with Gasteiger partial charge in [-0.1, -0.05) is 5.16 Å². The third kappa shape index (κ3) is 4.45. The number of hydrogen-bond acceptors (Lipinski definition) is 9. The molecule has 1 amide bonds. The second-order valence-electron chi connectivity index (χ2n) is 9.54. The van der Waals surface area contributed by atoms with E-state index >= 15 is 0 Å². The minimum atomic E-state index is -2.42. The van der Waals surface area contributed by atoms with Crippen molar-refractivity contribution in [3.8, 4) is 22.5 Å². The molecule has 0 radical (unpaired) electrons. The highest BCUT2D eigenvalue weighted by Crippen LogP contribution is 2.50. The van der Waals surface area contributed by atoms with Crippen LogP contribution in [0.1, 0.15) is 45.7 Å². The number of carbonyl (C=O) groups excluding carboxylic acids is 1. The summed E-state index contributed by atoms with van der Waals surface area (Å²) in [4.78, 5) is 30.5. The molecule has 2 atom stereocenters. The normalized spacial score (nSPS) is 16.7. The van der Waals surface area contributed by atoms with Crippen LogP contribution in [-0.2, 0) is 0 Å². The van der Waals surface area contributed by atoms with Crippen LogP contribution in [0.25, 0.3) is 28.0 Å². The van der Waals surface area contributed by atoms with Gasteiger partial charge in [0.2, 0.25) is 24.1 Å². The highest BCUT2D eigenvalue weighted by atomic mass is 19.3. The van der Waals surface area contributed by atoms with E-state index in [4.69, 9.17) is 10.3 Å². The summed E-state index contributed by atoms with van der Waals surface area (Å²) in [6, 6.07) is 5.39. The van der Waals surface area contributed by atoms with Crippen LogP contribution >= 0.6 is 0 Å². The molecule has 5 aromatic heterocycles. The number of anilines is 2. The quantitative estimate of drug-likeness (QED) is 0.326. The van der Waals surface area contributed by atoms with E-state index in [2.05, 4.69) is 35.5 Å². The number of amides is 1. The van der Waals surface area contributed by atoms with Crippen LogP contribution in [0.15, 0.2) is 41.3 Å². The van der Waals surface area contributed by atoms with Gasteiger partial charge in [0, 0.05) is 35.4 Å². The summed E-state index contributed by atoms with van der Waals surface area (Å²) in [5, 5.41) is 11.1. The molecule has 0 spiro atoms. The summed E-state index contributed by atoms with van der Waals surface area (Å²) in [6.07, 6.45) is 2.69. The van der Waals surface area contributed by atoms with Gasteiger partial charge in [0.25, 0.3) is 5.91 Å². The van der Waals surface area contributed by atoms with Crippen molar-refractivity contribution in [3.05, 3.63) is 65.3 Å². The molecule has 0 bridgehead atoms. The van der Waals surface area contributed by atoms with Gasteiger partial charge < -0.3 is 15.6 Å². The Hall–Kier alpha value is -4.81. The average Bonchev–Trinajstić information content (AvgIpc) is 3.34. The minimum absolute atomic E-state index is 0.181. The van der Waals surface area contributed by atoms with E-state index in [0.717, 1.165) is 22.5 Å². The smallest absolute Gasteiger partial charge is 0.259 e. The molecule has 1 fully saturated rings. The fraction of sp³-hybridized carbons (Fsp3) is 0.269. The molecule has 198 valence electrons. The highest BCUT2D eigenvalue weighted by Gasteiger charge is 2.48. The number of nitrogen functional groups attached to an aromatic ring is 1. The Labute approximate surface area is 220 Å². The van der Waals surface area contributed by atoms with E-state index in [0.29, 0.717) is 34.4 Å². The number of alkyl halides is 2. The van der Waals surface area contributed by atoms with Gasteiger partial charge in [0.05, 0.1) is 40.0 Å². The molecule has 5 heterocycles. The van der Waals surface area contributed by atoms with Gasteiger partial charge in [0.1, 0.15) is 0 Å². The van der Waals surface area contributed by atoms with E-state index in [-0.39, 0.29) is 17.7 Å². The monoisotopic (exact) mass is 531 g/mol. The summed E-state index contributed by atoms with van der Waals surface area (Å²) in [6.45, 7) is 5.46. The SMILES string of the molecule is Cc1ncc(-c2noc([C@H]3C[C@@H]3C(F)F)n2)cc1NC(=O)c1cnn2ccc(-c3c(C)nc(N)nc3C)cc12. The molecule has 1 aliphatic rings. The summed E-state index contributed by atoms with van der Waals surface area (Å²) >= 11 is 0. The fourth-order valence-electron chi connectivity index (χ4n) is 4.72. The number of carbonyl (C=O) groups is 1. The summed E-state index contributed by atoms with van der Waals surface area (Å²) in [7, 11) is 0. The third-order valence-corrected chi connectivity index (χ3v) is 6.86. The first kappa shape index (κ1) is 24.5. The molecule has 1 saturated carbocycles. The van der Waals surface area contributed by atoms with Gasteiger partial charge in [-0.3, -0.25) is 9.78 Å². The zero-order valence-corrected chi connectivity index (χ0v) is 21.2. The van der Waals surface area contributed by atoms with Crippen LogP contribution in [0.2, 0.25) is 0 Å². The first-order chi connectivity index (χ1) is 18.7. The molecule has 0 aromatic carbocycles. The first-order valence-electron chi connectivity index (χ1n) is 12.2. The lowest BCUT2D eigenvalue weighted by Crippen LogP contribution is -2.13. The topological polar surface area (TPSA) is 150 Å². The number of aryl methyl sites for hydroxylation is 3. The lowest BCUT2D eigenvalue weighted by molar-refractivity contribution is 0.102. The summed E-state index contributed by atoms with van der Waals surface area (Å²) in [5.74, 6) is -0.983. The average molecular weight is 532 g/mol. The van der Waals surface area contributed by atoms with Crippen molar-refractivity contribution in [2.45, 2.75) is 39.5 Å². The Balaban J connectivity index is 1.28. The maximum Gasteiger partial charge on any atom is 0.259 e. The molecule has 0 saturated heterocycles. The van der Waals surface area contributed by atoms with Crippen LogP contribution in [0.5, 0.6) is 0 Å². The van der Waals surface area contributed by atoms with E-state index in [1.165, 1.54) is 12.4 Å².